The molecule has 0 atom stereocenters. The highest BCUT2D eigenvalue weighted by atomic mass is 79.9. The number of carbonyl (C=O) groups is 1. The molecule has 2 aromatic carbocycles. The van der Waals surface area contributed by atoms with Crippen LogP contribution in [0.25, 0.3) is 10.9 Å². The molecule has 0 saturated heterocycles. The minimum Gasteiger partial charge on any atom is -0.293 e. The third-order valence-corrected chi connectivity index (χ3v) is 4.65. The van der Waals surface area contributed by atoms with Crippen molar-refractivity contribution in [3.8, 4) is 0 Å². The summed E-state index contributed by atoms with van der Waals surface area (Å²) >= 11 is 4.85. The van der Waals surface area contributed by atoms with E-state index in [4.69, 9.17) is 0 Å². The molecular weight excluding hydrogens is 360 g/mol. The largest absolute Gasteiger partial charge is 0.293 e. The first kappa shape index (κ1) is 15.2. The van der Waals surface area contributed by atoms with Crippen LogP contribution in [-0.4, -0.2) is 21.5 Å². The average Bonchev–Trinajstić information content (AvgIpc) is 2.52. The smallest absolute Gasteiger partial charge is 0.173 e. The normalized spacial score (nSPS) is 10.8. The molecule has 5 heteroatoms. The fraction of sp³-hybridized carbons (Fsp3) is 0.118. The molecule has 0 aliphatic carbocycles. The predicted octanol–water partition coefficient (Wildman–Crippen LogP) is 4.68. The van der Waals surface area contributed by atoms with Crippen molar-refractivity contribution in [2.75, 3.05) is 5.75 Å². The minimum atomic E-state index is 0.0895. The molecule has 0 saturated carbocycles. The number of hydrogen-bond donors (Lipinski definition) is 0. The topological polar surface area (TPSA) is 42.9 Å². The zero-order valence-electron chi connectivity index (χ0n) is 11.9. The van der Waals surface area contributed by atoms with Crippen molar-refractivity contribution in [1.29, 1.82) is 0 Å². The molecule has 3 rings (SSSR count). The molecule has 0 radical (unpaired) electrons. The van der Waals surface area contributed by atoms with Crippen molar-refractivity contribution in [2.24, 2.45) is 0 Å². The number of hydrogen-bond acceptors (Lipinski definition) is 4. The predicted molar refractivity (Wildman–Crippen MR) is 93.5 cm³/mol. The molecule has 0 unspecified atom stereocenters. The number of fused-ring (bicyclic) bond motifs is 1. The lowest BCUT2D eigenvalue weighted by Gasteiger charge is -2.06. The van der Waals surface area contributed by atoms with Crippen LogP contribution >= 0.6 is 27.7 Å². The molecule has 0 fully saturated rings. The number of aryl methyl sites for hydroxylation is 1. The Hall–Kier alpha value is -1.72. The number of rotatable bonds is 4. The van der Waals surface area contributed by atoms with Crippen LogP contribution in [0.4, 0.5) is 0 Å². The van der Waals surface area contributed by atoms with E-state index in [-0.39, 0.29) is 5.78 Å². The van der Waals surface area contributed by atoms with Crippen LogP contribution in [0.1, 0.15) is 16.2 Å². The lowest BCUT2D eigenvalue weighted by atomic mass is 10.2. The van der Waals surface area contributed by atoms with E-state index in [0.29, 0.717) is 11.3 Å². The van der Waals surface area contributed by atoms with Gasteiger partial charge in [0.2, 0.25) is 0 Å². The summed E-state index contributed by atoms with van der Waals surface area (Å²) in [5, 5.41) is 1.84. The summed E-state index contributed by atoms with van der Waals surface area (Å²) in [5.41, 5.74) is 1.62. The molecule has 22 heavy (non-hydrogen) atoms. The van der Waals surface area contributed by atoms with Gasteiger partial charge < -0.3 is 0 Å². The Morgan fingerprint density at radius 1 is 1.14 bits per heavy atom. The Morgan fingerprint density at radius 2 is 1.95 bits per heavy atom. The van der Waals surface area contributed by atoms with Crippen molar-refractivity contribution in [3.05, 3.63) is 64.4 Å². The maximum atomic E-state index is 12.3. The number of carbonyl (C=O) groups excluding carboxylic acids is 1. The van der Waals surface area contributed by atoms with Crippen LogP contribution in [0, 0.1) is 6.92 Å². The number of nitrogens with zero attached hydrogens (tertiary/aromatic N) is 2. The zero-order chi connectivity index (χ0) is 15.5. The fourth-order valence-electron chi connectivity index (χ4n) is 2.15. The zero-order valence-corrected chi connectivity index (χ0v) is 14.3. The van der Waals surface area contributed by atoms with Crippen LogP contribution in [0.2, 0.25) is 0 Å². The SMILES string of the molecule is Cc1nc(SCC(=O)c2cccc(Br)c2)c2ccccc2n1. The Kier molecular flexibility index (Phi) is 4.55. The Balaban J connectivity index is 1.83. The monoisotopic (exact) mass is 372 g/mol. The van der Waals surface area contributed by atoms with Gasteiger partial charge in [0, 0.05) is 15.4 Å². The number of aromatic nitrogens is 2. The second-order valence-corrected chi connectivity index (χ2v) is 6.70. The quantitative estimate of drug-likeness (QED) is 0.379. The maximum absolute atomic E-state index is 12.3. The highest BCUT2D eigenvalue weighted by Gasteiger charge is 2.11. The van der Waals surface area contributed by atoms with E-state index in [1.54, 1.807) is 0 Å². The van der Waals surface area contributed by atoms with E-state index in [1.165, 1.54) is 11.8 Å². The highest BCUT2D eigenvalue weighted by molar-refractivity contribution is 9.10. The number of Topliss-reactive ketones (excluding diaryl/α,β-unsaturated/α-hetero) is 1. The number of para-hydroxylation sites is 1. The summed E-state index contributed by atoms with van der Waals surface area (Å²) < 4.78 is 0.909. The van der Waals surface area contributed by atoms with Crippen LogP contribution in [0.5, 0.6) is 0 Å². The third kappa shape index (κ3) is 3.36. The summed E-state index contributed by atoms with van der Waals surface area (Å²) in [6, 6.07) is 15.3. The van der Waals surface area contributed by atoms with Crippen molar-refractivity contribution < 1.29 is 4.79 Å². The standard InChI is InChI=1S/C17H13BrN2OS/c1-11-19-15-8-3-2-7-14(15)17(20-11)22-10-16(21)12-5-4-6-13(18)9-12/h2-9H,10H2,1H3. The van der Waals surface area contributed by atoms with Gasteiger partial charge in [0.1, 0.15) is 10.9 Å². The van der Waals surface area contributed by atoms with E-state index in [9.17, 15) is 4.79 Å². The van der Waals surface area contributed by atoms with E-state index >= 15 is 0 Å². The molecular formula is C17H13BrN2OS. The number of halogens is 1. The van der Waals surface area contributed by atoms with Gasteiger partial charge in [-0.3, -0.25) is 4.79 Å². The van der Waals surface area contributed by atoms with Gasteiger partial charge in [-0.2, -0.15) is 0 Å². The van der Waals surface area contributed by atoms with E-state index in [1.807, 2.05) is 55.5 Å². The van der Waals surface area contributed by atoms with Gasteiger partial charge in [-0.1, -0.05) is 58.0 Å². The Morgan fingerprint density at radius 3 is 2.77 bits per heavy atom. The van der Waals surface area contributed by atoms with Crippen molar-refractivity contribution in [2.45, 2.75) is 11.9 Å². The summed E-state index contributed by atoms with van der Waals surface area (Å²) in [6.45, 7) is 1.87. The molecule has 0 amide bonds. The van der Waals surface area contributed by atoms with Crippen LogP contribution in [0.3, 0.4) is 0 Å². The lowest BCUT2D eigenvalue weighted by molar-refractivity contribution is 0.102. The molecule has 0 spiro atoms. The molecule has 110 valence electrons. The molecule has 0 bridgehead atoms. The van der Waals surface area contributed by atoms with Crippen molar-refractivity contribution >= 4 is 44.4 Å². The third-order valence-electron chi connectivity index (χ3n) is 3.17. The number of benzene rings is 2. The van der Waals surface area contributed by atoms with Gasteiger partial charge in [0.25, 0.3) is 0 Å². The molecule has 0 aliphatic heterocycles. The first-order valence-corrected chi connectivity index (χ1v) is 8.56. The van der Waals surface area contributed by atoms with Gasteiger partial charge in [0.05, 0.1) is 11.3 Å². The second-order valence-electron chi connectivity index (χ2n) is 4.82. The molecule has 3 nitrogen and oxygen atoms in total. The second kappa shape index (κ2) is 6.58. The van der Waals surface area contributed by atoms with Crippen LogP contribution < -0.4 is 0 Å². The molecule has 1 aromatic heterocycles. The Labute approximate surface area is 141 Å². The van der Waals surface area contributed by atoms with E-state index in [0.717, 1.165) is 26.2 Å². The fourth-order valence-corrected chi connectivity index (χ4v) is 3.51. The molecule has 1 heterocycles. The minimum absolute atomic E-state index is 0.0895. The first-order valence-electron chi connectivity index (χ1n) is 6.78. The van der Waals surface area contributed by atoms with Gasteiger partial charge in [-0.25, -0.2) is 9.97 Å². The van der Waals surface area contributed by atoms with Gasteiger partial charge in [-0.15, -0.1) is 0 Å². The van der Waals surface area contributed by atoms with Crippen LogP contribution in [-0.2, 0) is 0 Å². The van der Waals surface area contributed by atoms with Crippen molar-refractivity contribution in [1.82, 2.24) is 9.97 Å². The Bertz CT molecular complexity index is 851. The van der Waals surface area contributed by atoms with Gasteiger partial charge >= 0.3 is 0 Å². The lowest BCUT2D eigenvalue weighted by Crippen LogP contribution is -2.03. The van der Waals surface area contributed by atoms with Crippen LogP contribution in [0.15, 0.2) is 58.0 Å². The number of ketones is 1. The summed E-state index contributed by atoms with van der Waals surface area (Å²) in [5.74, 6) is 1.17. The molecule has 0 N–H and O–H groups in total. The summed E-state index contributed by atoms with van der Waals surface area (Å²) in [7, 11) is 0. The van der Waals surface area contributed by atoms with Gasteiger partial charge in [-0.05, 0) is 25.1 Å². The van der Waals surface area contributed by atoms with Gasteiger partial charge in [0.15, 0.2) is 5.78 Å². The maximum Gasteiger partial charge on any atom is 0.173 e. The van der Waals surface area contributed by atoms with Crippen molar-refractivity contribution in [3.63, 3.8) is 0 Å². The average molecular weight is 373 g/mol. The molecule has 3 aromatic rings. The van der Waals surface area contributed by atoms with E-state index in [2.05, 4.69) is 25.9 Å². The highest BCUT2D eigenvalue weighted by Crippen LogP contribution is 2.26. The number of thioether (sulfide) groups is 1. The summed E-state index contributed by atoms with van der Waals surface area (Å²) in [4.78, 5) is 21.2. The summed E-state index contributed by atoms with van der Waals surface area (Å²) in [6.07, 6.45) is 0. The van der Waals surface area contributed by atoms with E-state index < -0.39 is 0 Å². The molecule has 0 aliphatic rings. The first-order chi connectivity index (χ1) is 10.6.